The number of hydrogen-bond donors (Lipinski definition) is 2. The summed E-state index contributed by atoms with van der Waals surface area (Å²) < 4.78 is 5.26. The molecular weight excluding hydrogens is 478 g/mol. The van der Waals surface area contributed by atoms with E-state index in [1.807, 2.05) is 35.2 Å². The molecule has 0 bridgehead atoms. The molecule has 214 valence electrons. The monoisotopic (exact) mass is 529 g/mol. The van der Waals surface area contributed by atoms with Crippen LogP contribution in [0.2, 0.25) is 0 Å². The molecule has 1 aliphatic rings. The second-order valence-corrected chi connectivity index (χ2v) is 10.7. The Bertz CT molecular complexity index is 802. The summed E-state index contributed by atoms with van der Waals surface area (Å²) in [5.41, 5.74) is 6.95. The molecule has 1 aromatic rings. The Labute approximate surface area is 230 Å². The first-order chi connectivity index (χ1) is 18.5. The SMILES string of the molecule is CCCCCCCCCCCCC(=O)N1CCCCC1CNC(=O)[C@@H](N)CCC(=O)OCc1ccccc1. The fraction of sp³-hybridized carbons (Fsp3) is 0.710. The van der Waals surface area contributed by atoms with E-state index in [-0.39, 0.29) is 43.3 Å². The Morgan fingerprint density at radius 1 is 0.947 bits per heavy atom. The highest BCUT2D eigenvalue weighted by Gasteiger charge is 2.27. The molecule has 3 N–H and O–H groups in total. The van der Waals surface area contributed by atoms with Crippen LogP contribution in [0.5, 0.6) is 0 Å². The van der Waals surface area contributed by atoms with Crippen molar-refractivity contribution in [3.8, 4) is 0 Å². The Hall–Kier alpha value is -2.41. The first-order valence-corrected chi connectivity index (χ1v) is 15.0. The summed E-state index contributed by atoms with van der Waals surface area (Å²) in [6.07, 6.45) is 16.4. The van der Waals surface area contributed by atoms with Gasteiger partial charge >= 0.3 is 5.97 Å². The topological polar surface area (TPSA) is 102 Å². The van der Waals surface area contributed by atoms with Crippen molar-refractivity contribution in [3.05, 3.63) is 35.9 Å². The molecule has 1 fully saturated rings. The number of unbranched alkanes of at least 4 members (excludes halogenated alkanes) is 9. The molecule has 1 heterocycles. The average molecular weight is 530 g/mol. The third-order valence-electron chi connectivity index (χ3n) is 7.44. The smallest absolute Gasteiger partial charge is 0.306 e. The largest absolute Gasteiger partial charge is 0.461 e. The van der Waals surface area contributed by atoms with Gasteiger partial charge in [-0.3, -0.25) is 14.4 Å². The van der Waals surface area contributed by atoms with Gasteiger partial charge in [-0.25, -0.2) is 0 Å². The number of nitrogens with zero attached hydrogens (tertiary/aromatic N) is 1. The van der Waals surface area contributed by atoms with Crippen LogP contribution in [0.25, 0.3) is 0 Å². The van der Waals surface area contributed by atoms with Crippen LogP contribution in [0, 0.1) is 0 Å². The van der Waals surface area contributed by atoms with Crippen LogP contribution >= 0.6 is 0 Å². The predicted molar refractivity (Wildman–Crippen MR) is 152 cm³/mol. The van der Waals surface area contributed by atoms with Crippen molar-refractivity contribution in [1.29, 1.82) is 0 Å². The van der Waals surface area contributed by atoms with Crippen LogP contribution in [0.4, 0.5) is 0 Å². The third-order valence-corrected chi connectivity index (χ3v) is 7.44. The molecule has 7 heteroatoms. The van der Waals surface area contributed by atoms with Crippen molar-refractivity contribution in [3.63, 3.8) is 0 Å². The summed E-state index contributed by atoms with van der Waals surface area (Å²) in [4.78, 5) is 39.4. The molecule has 1 aliphatic heterocycles. The van der Waals surface area contributed by atoms with Gasteiger partial charge < -0.3 is 20.7 Å². The van der Waals surface area contributed by atoms with Gasteiger partial charge in [0, 0.05) is 32.0 Å². The van der Waals surface area contributed by atoms with Gasteiger partial charge in [-0.15, -0.1) is 0 Å². The molecule has 1 saturated heterocycles. The quantitative estimate of drug-likeness (QED) is 0.178. The van der Waals surface area contributed by atoms with Gasteiger partial charge in [0.1, 0.15) is 6.61 Å². The number of amides is 2. The van der Waals surface area contributed by atoms with Gasteiger partial charge in [-0.2, -0.15) is 0 Å². The molecule has 0 saturated carbocycles. The van der Waals surface area contributed by atoms with Gasteiger partial charge in [0.15, 0.2) is 0 Å². The Morgan fingerprint density at radius 3 is 2.29 bits per heavy atom. The molecule has 0 spiro atoms. The number of hydrogen-bond acceptors (Lipinski definition) is 5. The maximum Gasteiger partial charge on any atom is 0.306 e. The van der Waals surface area contributed by atoms with E-state index < -0.39 is 6.04 Å². The standard InChI is InChI=1S/C31H51N3O4/c1-2-3-4-5-6-7-8-9-10-14-20-29(35)34-23-16-15-19-27(34)24-33-31(37)28(32)21-22-30(36)38-25-26-17-12-11-13-18-26/h11-13,17-18,27-28H,2-10,14-16,19-25,32H2,1H3,(H,33,37)/t27?,28-/m0/s1. The van der Waals surface area contributed by atoms with Gasteiger partial charge in [0.2, 0.25) is 11.8 Å². The van der Waals surface area contributed by atoms with E-state index in [0.29, 0.717) is 13.0 Å². The molecule has 0 aliphatic carbocycles. The Morgan fingerprint density at radius 2 is 1.61 bits per heavy atom. The van der Waals surface area contributed by atoms with Crippen molar-refractivity contribution < 1.29 is 19.1 Å². The lowest BCUT2D eigenvalue weighted by Gasteiger charge is -2.36. The van der Waals surface area contributed by atoms with E-state index in [0.717, 1.165) is 44.2 Å². The molecule has 2 atom stereocenters. The van der Waals surface area contributed by atoms with Crippen LogP contribution in [0.1, 0.15) is 115 Å². The van der Waals surface area contributed by atoms with Crippen molar-refractivity contribution in [2.24, 2.45) is 5.73 Å². The number of nitrogens with one attached hydrogen (secondary N) is 1. The highest BCUT2D eigenvalue weighted by atomic mass is 16.5. The van der Waals surface area contributed by atoms with E-state index in [9.17, 15) is 14.4 Å². The number of likely N-dealkylation sites (tertiary alicyclic amines) is 1. The molecule has 2 rings (SSSR count). The van der Waals surface area contributed by atoms with Gasteiger partial charge in [0.25, 0.3) is 0 Å². The molecule has 0 radical (unpaired) electrons. The molecule has 1 unspecified atom stereocenters. The van der Waals surface area contributed by atoms with Crippen molar-refractivity contribution in [1.82, 2.24) is 10.2 Å². The summed E-state index contributed by atoms with van der Waals surface area (Å²) in [5, 5.41) is 2.92. The van der Waals surface area contributed by atoms with Gasteiger partial charge in [-0.1, -0.05) is 95.0 Å². The average Bonchev–Trinajstić information content (AvgIpc) is 2.95. The van der Waals surface area contributed by atoms with Crippen LogP contribution in [0.15, 0.2) is 30.3 Å². The molecule has 2 amide bonds. The first-order valence-electron chi connectivity index (χ1n) is 15.0. The lowest BCUT2D eigenvalue weighted by Crippen LogP contribution is -2.51. The lowest BCUT2D eigenvalue weighted by atomic mass is 10.0. The van der Waals surface area contributed by atoms with Crippen LogP contribution in [0.3, 0.4) is 0 Å². The van der Waals surface area contributed by atoms with Crippen LogP contribution < -0.4 is 11.1 Å². The zero-order valence-corrected chi connectivity index (χ0v) is 23.6. The summed E-state index contributed by atoms with van der Waals surface area (Å²) >= 11 is 0. The summed E-state index contributed by atoms with van der Waals surface area (Å²) in [7, 11) is 0. The minimum absolute atomic E-state index is 0.0198. The number of esters is 1. The molecule has 38 heavy (non-hydrogen) atoms. The number of ether oxygens (including phenoxy) is 1. The maximum atomic E-state index is 12.9. The molecule has 7 nitrogen and oxygen atoms in total. The summed E-state index contributed by atoms with van der Waals surface area (Å²) in [6, 6.07) is 8.71. The lowest BCUT2D eigenvalue weighted by molar-refractivity contribution is -0.145. The minimum Gasteiger partial charge on any atom is -0.461 e. The van der Waals surface area contributed by atoms with E-state index in [4.69, 9.17) is 10.5 Å². The minimum atomic E-state index is -0.779. The van der Waals surface area contributed by atoms with E-state index >= 15 is 0 Å². The number of carbonyl (C=O) groups is 3. The zero-order chi connectivity index (χ0) is 27.4. The van der Waals surface area contributed by atoms with Crippen LogP contribution in [-0.2, 0) is 25.7 Å². The fourth-order valence-electron chi connectivity index (χ4n) is 5.01. The number of carbonyl (C=O) groups excluding carboxylic acids is 3. The van der Waals surface area contributed by atoms with E-state index in [1.165, 1.54) is 51.4 Å². The van der Waals surface area contributed by atoms with Crippen molar-refractivity contribution in [2.75, 3.05) is 13.1 Å². The first kappa shape index (κ1) is 31.8. The Kier molecular flexibility index (Phi) is 16.4. The Balaban J connectivity index is 1.59. The molecule has 0 aromatic heterocycles. The molecule has 1 aromatic carbocycles. The van der Waals surface area contributed by atoms with Gasteiger partial charge in [-0.05, 0) is 37.7 Å². The number of piperidine rings is 1. The predicted octanol–water partition coefficient (Wildman–Crippen LogP) is 5.65. The second-order valence-electron chi connectivity index (χ2n) is 10.7. The highest BCUT2D eigenvalue weighted by molar-refractivity contribution is 5.82. The number of nitrogens with two attached hydrogens (primary N) is 1. The summed E-state index contributed by atoms with van der Waals surface area (Å²) in [6.45, 7) is 3.63. The zero-order valence-electron chi connectivity index (χ0n) is 23.6. The normalized spacial score (nSPS) is 16.2. The van der Waals surface area contributed by atoms with E-state index in [1.54, 1.807) is 0 Å². The number of rotatable bonds is 19. The fourth-order valence-corrected chi connectivity index (χ4v) is 5.01. The highest BCUT2D eigenvalue weighted by Crippen LogP contribution is 2.19. The molecular formula is C31H51N3O4. The van der Waals surface area contributed by atoms with Crippen molar-refractivity contribution in [2.45, 2.75) is 128 Å². The number of benzene rings is 1. The van der Waals surface area contributed by atoms with Crippen molar-refractivity contribution >= 4 is 17.8 Å². The third kappa shape index (κ3) is 13.4. The van der Waals surface area contributed by atoms with E-state index in [2.05, 4.69) is 12.2 Å². The van der Waals surface area contributed by atoms with Crippen LogP contribution in [-0.4, -0.2) is 47.9 Å². The maximum absolute atomic E-state index is 12.9. The van der Waals surface area contributed by atoms with Gasteiger partial charge in [0.05, 0.1) is 6.04 Å². The summed E-state index contributed by atoms with van der Waals surface area (Å²) in [5.74, 6) is -0.448. The second kappa shape index (κ2) is 19.6.